The molecule has 1 aromatic heterocycles. The van der Waals surface area contributed by atoms with Crippen LogP contribution in [0, 0.1) is 0 Å². The summed E-state index contributed by atoms with van der Waals surface area (Å²) in [5, 5.41) is 5.86. The lowest BCUT2D eigenvalue weighted by Crippen LogP contribution is -2.29. The summed E-state index contributed by atoms with van der Waals surface area (Å²) in [7, 11) is 0. The Balaban J connectivity index is 1.93. The van der Waals surface area contributed by atoms with E-state index in [-0.39, 0.29) is 5.41 Å². The zero-order valence-electron chi connectivity index (χ0n) is 11.9. The first-order chi connectivity index (χ1) is 9.05. The first-order valence-corrected chi connectivity index (χ1v) is 7.84. The van der Waals surface area contributed by atoms with Crippen molar-refractivity contribution in [2.45, 2.75) is 38.6 Å². The van der Waals surface area contributed by atoms with Gasteiger partial charge in [-0.1, -0.05) is 45.0 Å². The molecule has 2 heteroatoms. The fourth-order valence-corrected chi connectivity index (χ4v) is 3.64. The molecular formula is C17H21NS. The highest BCUT2D eigenvalue weighted by atomic mass is 32.1. The first kappa shape index (κ1) is 12.9. The van der Waals surface area contributed by atoms with E-state index in [2.05, 4.69) is 61.8 Å². The van der Waals surface area contributed by atoms with E-state index >= 15 is 0 Å². The van der Waals surface area contributed by atoms with Crippen LogP contribution in [0.3, 0.4) is 0 Å². The van der Waals surface area contributed by atoms with E-state index in [1.165, 1.54) is 23.1 Å². The molecule has 1 unspecified atom stereocenters. The third kappa shape index (κ3) is 2.47. The van der Waals surface area contributed by atoms with Crippen LogP contribution in [-0.2, 0) is 11.8 Å². The quantitative estimate of drug-likeness (QED) is 0.816. The average Bonchev–Trinajstić information content (AvgIpc) is 2.86. The lowest BCUT2D eigenvalue weighted by atomic mass is 9.85. The molecule has 0 aliphatic carbocycles. The van der Waals surface area contributed by atoms with Crippen molar-refractivity contribution in [2.24, 2.45) is 0 Å². The molecule has 19 heavy (non-hydrogen) atoms. The molecule has 3 rings (SSSR count). The van der Waals surface area contributed by atoms with E-state index in [0.29, 0.717) is 6.04 Å². The maximum absolute atomic E-state index is 3.64. The largest absolute Gasteiger partial charge is 0.306 e. The zero-order chi connectivity index (χ0) is 13.5. The highest BCUT2D eigenvalue weighted by molar-refractivity contribution is 7.10. The minimum atomic E-state index is 0.228. The molecule has 2 aromatic rings. The Morgan fingerprint density at radius 2 is 1.84 bits per heavy atom. The van der Waals surface area contributed by atoms with Crippen LogP contribution in [0.2, 0.25) is 0 Å². The van der Waals surface area contributed by atoms with Gasteiger partial charge in [0, 0.05) is 11.4 Å². The second-order valence-electron chi connectivity index (χ2n) is 6.31. The smallest absolute Gasteiger partial charge is 0.0587 e. The van der Waals surface area contributed by atoms with Gasteiger partial charge in [0.25, 0.3) is 0 Å². The van der Waals surface area contributed by atoms with Gasteiger partial charge in [0.05, 0.1) is 6.04 Å². The minimum absolute atomic E-state index is 0.228. The van der Waals surface area contributed by atoms with Gasteiger partial charge in [-0.05, 0) is 40.0 Å². The molecule has 1 atom stereocenters. The second kappa shape index (κ2) is 4.77. The SMILES string of the molecule is CC(C)(C)c1ccc(C2NCCc3sccc32)cc1. The molecule has 1 nitrogen and oxygen atoms in total. The molecule has 0 fully saturated rings. The summed E-state index contributed by atoms with van der Waals surface area (Å²) in [5.41, 5.74) is 4.48. The first-order valence-electron chi connectivity index (χ1n) is 6.96. The molecule has 100 valence electrons. The number of fused-ring (bicyclic) bond motifs is 1. The Morgan fingerprint density at radius 3 is 2.53 bits per heavy atom. The molecular weight excluding hydrogens is 250 g/mol. The molecule has 0 saturated heterocycles. The van der Waals surface area contributed by atoms with E-state index in [4.69, 9.17) is 0 Å². The van der Waals surface area contributed by atoms with Crippen molar-refractivity contribution >= 4 is 11.3 Å². The van der Waals surface area contributed by atoms with Crippen LogP contribution in [0.1, 0.15) is 48.4 Å². The zero-order valence-corrected chi connectivity index (χ0v) is 12.7. The highest BCUT2D eigenvalue weighted by Gasteiger charge is 2.22. The Morgan fingerprint density at radius 1 is 1.11 bits per heavy atom. The van der Waals surface area contributed by atoms with Crippen LogP contribution >= 0.6 is 11.3 Å². The lowest BCUT2D eigenvalue weighted by molar-refractivity contribution is 0.570. The summed E-state index contributed by atoms with van der Waals surface area (Å²) in [6, 6.07) is 11.8. The molecule has 1 N–H and O–H groups in total. The van der Waals surface area contributed by atoms with Gasteiger partial charge in [-0.3, -0.25) is 0 Å². The number of hydrogen-bond donors (Lipinski definition) is 1. The van der Waals surface area contributed by atoms with Crippen LogP contribution in [0.15, 0.2) is 35.7 Å². The summed E-state index contributed by atoms with van der Waals surface area (Å²) in [6.45, 7) is 7.87. The van der Waals surface area contributed by atoms with Crippen LogP contribution in [-0.4, -0.2) is 6.54 Å². The monoisotopic (exact) mass is 271 g/mol. The highest BCUT2D eigenvalue weighted by Crippen LogP contribution is 2.33. The van der Waals surface area contributed by atoms with Crippen LogP contribution in [0.4, 0.5) is 0 Å². The molecule has 0 spiro atoms. The van der Waals surface area contributed by atoms with Gasteiger partial charge in [0.2, 0.25) is 0 Å². The molecule has 0 saturated carbocycles. The molecule has 1 aliphatic rings. The summed E-state index contributed by atoms with van der Waals surface area (Å²) in [5.74, 6) is 0. The molecule has 0 radical (unpaired) electrons. The Bertz CT molecular complexity index is 560. The summed E-state index contributed by atoms with van der Waals surface area (Å²) in [4.78, 5) is 1.55. The molecule has 0 amide bonds. The molecule has 1 aliphatic heterocycles. The Labute approximate surface area is 119 Å². The van der Waals surface area contributed by atoms with Gasteiger partial charge in [-0.2, -0.15) is 0 Å². The van der Waals surface area contributed by atoms with Crippen molar-refractivity contribution in [3.05, 3.63) is 57.3 Å². The number of hydrogen-bond acceptors (Lipinski definition) is 2. The van der Waals surface area contributed by atoms with E-state index in [1.807, 2.05) is 11.3 Å². The third-order valence-corrected chi connectivity index (χ3v) is 4.90. The average molecular weight is 271 g/mol. The second-order valence-corrected chi connectivity index (χ2v) is 7.31. The topological polar surface area (TPSA) is 12.0 Å². The van der Waals surface area contributed by atoms with Gasteiger partial charge >= 0.3 is 0 Å². The maximum Gasteiger partial charge on any atom is 0.0587 e. The van der Waals surface area contributed by atoms with Gasteiger partial charge < -0.3 is 5.32 Å². The summed E-state index contributed by atoms with van der Waals surface area (Å²) in [6.07, 6.45) is 1.17. The Hall–Kier alpha value is -1.12. The van der Waals surface area contributed by atoms with Crippen molar-refractivity contribution < 1.29 is 0 Å². The molecule has 0 bridgehead atoms. The Kier molecular flexibility index (Phi) is 3.23. The predicted octanol–water partition coefficient (Wildman–Crippen LogP) is 4.28. The van der Waals surface area contributed by atoms with Gasteiger partial charge in [-0.25, -0.2) is 0 Å². The van der Waals surface area contributed by atoms with Crippen molar-refractivity contribution in [2.75, 3.05) is 6.54 Å². The number of rotatable bonds is 1. The number of benzene rings is 1. The molecule has 1 aromatic carbocycles. The third-order valence-electron chi connectivity index (χ3n) is 3.90. The van der Waals surface area contributed by atoms with E-state index in [0.717, 1.165) is 6.54 Å². The van der Waals surface area contributed by atoms with Crippen molar-refractivity contribution in [1.82, 2.24) is 5.32 Å². The van der Waals surface area contributed by atoms with Crippen LogP contribution in [0.5, 0.6) is 0 Å². The van der Waals surface area contributed by atoms with Crippen molar-refractivity contribution in [1.29, 1.82) is 0 Å². The number of nitrogens with one attached hydrogen (secondary N) is 1. The maximum atomic E-state index is 3.64. The summed E-state index contributed by atoms with van der Waals surface area (Å²) >= 11 is 1.89. The molecule has 2 heterocycles. The van der Waals surface area contributed by atoms with Crippen molar-refractivity contribution in [3.8, 4) is 0 Å². The summed E-state index contributed by atoms with van der Waals surface area (Å²) < 4.78 is 0. The van der Waals surface area contributed by atoms with Gasteiger partial charge in [0.1, 0.15) is 0 Å². The van der Waals surface area contributed by atoms with Gasteiger partial charge in [-0.15, -0.1) is 11.3 Å². The van der Waals surface area contributed by atoms with Crippen LogP contribution in [0.25, 0.3) is 0 Å². The van der Waals surface area contributed by atoms with E-state index in [1.54, 1.807) is 4.88 Å². The number of thiophene rings is 1. The fraction of sp³-hybridized carbons (Fsp3) is 0.412. The normalized spacial score (nSPS) is 19.2. The van der Waals surface area contributed by atoms with Crippen LogP contribution < -0.4 is 5.32 Å². The minimum Gasteiger partial charge on any atom is -0.306 e. The van der Waals surface area contributed by atoms with Gasteiger partial charge in [0.15, 0.2) is 0 Å². The lowest BCUT2D eigenvalue weighted by Gasteiger charge is -2.26. The fourth-order valence-electron chi connectivity index (χ4n) is 2.72. The predicted molar refractivity (Wildman–Crippen MR) is 83.0 cm³/mol. The van der Waals surface area contributed by atoms with Crippen molar-refractivity contribution in [3.63, 3.8) is 0 Å². The van der Waals surface area contributed by atoms with E-state index < -0.39 is 0 Å². The standard InChI is InChI=1S/C17H21NS/c1-17(2,3)13-6-4-12(5-7-13)16-14-9-11-19-15(14)8-10-18-16/h4-7,9,11,16,18H,8,10H2,1-3H3. The van der Waals surface area contributed by atoms with E-state index in [9.17, 15) is 0 Å².